The minimum atomic E-state index is 0.833. The molecule has 0 spiro atoms. The highest BCUT2D eigenvalue weighted by Crippen LogP contribution is 2.26. The Bertz CT molecular complexity index is 700. The summed E-state index contributed by atoms with van der Waals surface area (Å²) in [7, 11) is 3.40. The van der Waals surface area contributed by atoms with Gasteiger partial charge >= 0.3 is 0 Å². The molecule has 3 rings (SSSR count). The average Bonchev–Trinajstić information content (AvgIpc) is 2.63. The van der Waals surface area contributed by atoms with E-state index < -0.39 is 0 Å². The fraction of sp³-hybridized carbons (Fsp3) is 0.400. The van der Waals surface area contributed by atoms with Crippen molar-refractivity contribution in [1.29, 1.82) is 0 Å². The van der Waals surface area contributed by atoms with Crippen LogP contribution in [0.4, 0.5) is 0 Å². The van der Waals surface area contributed by atoms with Crippen molar-refractivity contribution in [3.05, 3.63) is 58.1 Å². The summed E-state index contributed by atoms with van der Waals surface area (Å²) in [5.74, 6) is 1.73. The van der Waals surface area contributed by atoms with Gasteiger partial charge in [0.25, 0.3) is 0 Å². The van der Waals surface area contributed by atoms with Gasteiger partial charge in [-0.2, -0.15) is 0 Å². The van der Waals surface area contributed by atoms with Crippen molar-refractivity contribution < 1.29 is 9.47 Å². The van der Waals surface area contributed by atoms with Crippen LogP contribution in [-0.2, 0) is 13.1 Å². The molecule has 2 aromatic carbocycles. The van der Waals surface area contributed by atoms with Gasteiger partial charge in [0, 0.05) is 55.4 Å². The second-order valence-corrected chi connectivity index (χ2v) is 7.28. The van der Waals surface area contributed by atoms with E-state index in [0.29, 0.717) is 0 Å². The third-order valence-electron chi connectivity index (χ3n) is 4.65. The number of ether oxygens (including phenoxy) is 2. The van der Waals surface area contributed by atoms with E-state index in [1.165, 1.54) is 11.1 Å². The van der Waals surface area contributed by atoms with Crippen molar-refractivity contribution >= 4 is 15.9 Å². The lowest BCUT2D eigenvalue weighted by Crippen LogP contribution is -2.45. The minimum absolute atomic E-state index is 0.833. The first-order chi connectivity index (χ1) is 12.2. The van der Waals surface area contributed by atoms with Crippen LogP contribution in [0.15, 0.2) is 46.9 Å². The number of methoxy groups -OCH3 is 2. The normalized spacial score (nSPS) is 16.0. The third-order valence-corrected chi connectivity index (χ3v) is 5.14. The van der Waals surface area contributed by atoms with Crippen LogP contribution in [0.1, 0.15) is 11.1 Å². The van der Waals surface area contributed by atoms with E-state index in [1.807, 2.05) is 12.1 Å². The molecule has 1 saturated heterocycles. The first kappa shape index (κ1) is 18.2. The molecule has 2 aromatic rings. The molecule has 0 bridgehead atoms. The Morgan fingerprint density at radius 2 is 1.60 bits per heavy atom. The Labute approximate surface area is 158 Å². The van der Waals surface area contributed by atoms with Crippen LogP contribution < -0.4 is 9.47 Å². The molecule has 0 atom stereocenters. The molecule has 0 aromatic heterocycles. The lowest BCUT2D eigenvalue weighted by Gasteiger charge is -2.35. The maximum absolute atomic E-state index is 5.52. The Kier molecular flexibility index (Phi) is 6.34. The molecule has 1 heterocycles. The van der Waals surface area contributed by atoms with Gasteiger partial charge in [0.15, 0.2) is 0 Å². The van der Waals surface area contributed by atoms with Gasteiger partial charge in [0.1, 0.15) is 11.5 Å². The van der Waals surface area contributed by atoms with Gasteiger partial charge in [-0.1, -0.05) is 34.1 Å². The Morgan fingerprint density at radius 1 is 0.880 bits per heavy atom. The molecule has 0 N–H and O–H groups in total. The number of nitrogens with zero attached hydrogens (tertiary/aromatic N) is 2. The molecule has 1 aliphatic heterocycles. The average molecular weight is 405 g/mol. The van der Waals surface area contributed by atoms with Gasteiger partial charge in [-0.15, -0.1) is 0 Å². The predicted octanol–water partition coefficient (Wildman–Crippen LogP) is 3.78. The highest BCUT2D eigenvalue weighted by Gasteiger charge is 2.18. The summed E-state index contributed by atoms with van der Waals surface area (Å²) in [6.07, 6.45) is 0. The number of benzene rings is 2. The van der Waals surface area contributed by atoms with E-state index >= 15 is 0 Å². The number of piperazine rings is 1. The fourth-order valence-electron chi connectivity index (χ4n) is 3.22. The molecule has 0 amide bonds. The Morgan fingerprint density at radius 3 is 2.24 bits per heavy atom. The standard InChI is InChI=1S/C20H25BrN2O2/c1-24-19-7-6-17(20(13-19)25-2)15-23-10-8-22(9-11-23)14-16-4-3-5-18(21)12-16/h3-7,12-13H,8-11,14-15H2,1-2H3. The van der Waals surface area contributed by atoms with Gasteiger partial charge in [0.05, 0.1) is 14.2 Å². The molecule has 25 heavy (non-hydrogen) atoms. The summed E-state index contributed by atoms with van der Waals surface area (Å²) in [4.78, 5) is 5.01. The van der Waals surface area contributed by atoms with Crippen molar-refractivity contribution in [2.24, 2.45) is 0 Å². The van der Waals surface area contributed by atoms with Crippen LogP contribution in [0, 0.1) is 0 Å². The fourth-order valence-corrected chi connectivity index (χ4v) is 3.67. The zero-order chi connectivity index (χ0) is 17.6. The largest absolute Gasteiger partial charge is 0.497 e. The third kappa shape index (κ3) is 4.97. The zero-order valence-electron chi connectivity index (χ0n) is 14.9. The second-order valence-electron chi connectivity index (χ2n) is 6.36. The molecule has 4 nitrogen and oxygen atoms in total. The van der Waals surface area contributed by atoms with Crippen molar-refractivity contribution in [3.8, 4) is 11.5 Å². The lowest BCUT2D eigenvalue weighted by atomic mass is 10.1. The van der Waals surface area contributed by atoms with Gasteiger partial charge in [-0.3, -0.25) is 9.80 Å². The highest BCUT2D eigenvalue weighted by molar-refractivity contribution is 9.10. The van der Waals surface area contributed by atoms with E-state index in [2.05, 4.69) is 56.1 Å². The SMILES string of the molecule is COc1ccc(CN2CCN(Cc3cccc(Br)c3)CC2)c(OC)c1. The molecule has 0 saturated carbocycles. The molecular weight excluding hydrogens is 380 g/mol. The summed E-state index contributed by atoms with van der Waals surface area (Å²) >= 11 is 3.55. The topological polar surface area (TPSA) is 24.9 Å². The van der Waals surface area contributed by atoms with Crippen molar-refractivity contribution in [2.75, 3.05) is 40.4 Å². The van der Waals surface area contributed by atoms with Gasteiger partial charge < -0.3 is 9.47 Å². The lowest BCUT2D eigenvalue weighted by molar-refractivity contribution is 0.121. The molecule has 5 heteroatoms. The van der Waals surface area contributed by atoms with Crippen LogP contribution in [-0.4, -0.2) is 50.2 Å². The van der Waals surface area contributed by atoms with E-state index in [4.69, 9.17) is 9.47 Å². The maximum atomic E-state index is 5.52. The number of hydrogen-bond donors (Lipinski definition) is 0. The zero-order valence-corrected chi connectivity index (χ0v) is 16.5. The van der Waals surface area contributed by atoms with Crippen LogP contribution in [0.5, 0.6) is 11.5 Å². The number of rotatable bonds is 6. The molecule has 1 fully saturated rings. The highest BCUT2D eigenvalue weighted by atomic mass is 79.9. The Hall–Kier alpha value is -1.56. The summed E-state index contributed by atoms with van der Waals surface area (Å²) < 4.78 is 11.9. The van der Waals surface area contributed by atoms with E-state index in [9.17, 15) is 0 Å². The summed E-state index contributed by atoms with van der Waals surface area (Å²) in [5, 5.41) is 0. The van der Waals surface area contributed by atoms with Gasteiger partial charge in [0.2, 0.25) is 0 Å². The minimum Gasteiger partial charge on any atom is -0.497 e. The van der Waals surface area contributed by atoms with Crippen LogP contribution in [0.25, 0.3) is 0 Å². The van der Waals surface area contributed by atoms with Crippen LogP contribution in [0.2, 0.25) is 0 Å². The molecule has 0 unspecified atom stereocenters. The summed E-state index contributed by atoms with van der Waals surface area (Å²) in [6, 6.07) is 14.6. The first-order valence-corrected chi connectivity index (χ1v) is 9.37. The number of halogens is 1. The van der Waals surface area contributed by atoms with Crippen LogP contribution >= 0.6 is 15.9 Å². The Balaban J connectivity index is 1.54. The van der Waals surface area contributed by atoms with E-state index in [1.54, 1.807) is 14.2 Å². The van der Waals surface area contributed by atoms with Crippen molar-refractivity contribution in [2.45, 2.75) is 13.1 Å². The molecule has 134 valence electrons. The van der Waals surface area contributed by atoms with E-state index in [0.717, 1.165) is 55.2 Å². The van der Waals surface area contributed by atoms with E-state index in [-0.39, 0.29) is 0 Å². The predicted molar refractivity (Wildman–Crippen MR) is 104 cm³/mol. The quantitative estimate of drug-likeness (QED) is 0.730. The summed E-state index contributed by atoms with van der Waals surface area (Å²) in [5.41, 5.74) is 2.57. The summed E-state index contributed by atoms with van der Waals surface area (Å²) in [6.45, 7) is 6.25. The number of hydrogen-bond acceptors (Lipinski definition) is 4. The van der Waals surface area contributed by atoms with Crippen molar-refractivity contribution in [3.63, 3.8) is 0 Å². The molecule has 0 radical (unpaired) electrons. The van der Waals surface area contributed by atoms with Crippen LogP contribution in [0.3, 0.4) is 0 Å². The second kappa shape index (κ2) is 8.70. The van der Waals surface area contributed by atoms with Gasteiger partial charge in [-0.25, -0.2) is 0 Å². The smallest absolute Gasteiger partial charge is 0.127 e. The monoisotopic (exact) mass is 404 g/mol. The van der Waals surface area contributed by atoms with Gasteiger partial charge in [-0.05, 0) is 23.8 Å². The molecule has 0 aliphatic carbocycles. The maximum Gasteiger partial charge on any atom is 0.127 e. The molecule has 1 aliphatic rings. The molecular formula is C20H25BrN2O2. The first-order valence-electron chi connectivity index (χ1n) is 8.58. The van der Waals surface area contributed by atoms with Crippen molar-refractivity contribution in [1.82, 2.24) is 9.80 Å².